The molecule has 3 aromatic rings. The van der Waals surface area contributed by atoms with Crippen molar-refractivity contribution in [3.05, 3.63) is 53.0 Å². The number of rotatable bonds is 7. The highest BCUT2D eigenvalue weighted by atomic mass is 127. The second-order valence-electron chi connectivity index (χ2n) is 8.00. The van der Waals surface area contributed by atoms with Crippen LogP contribution in [-0.4, -0.2) is 55.2 Å². The minimum atomic E-state index is 0. The smallest absolute Gasteiger partial charge is 0.191 e. The fraction of sp³-hybridized carbons (Fsp3) is 0.500. The van der Waals surface area contributed by atoms with Gasteiger partial charge in [-0.15, -0.1) is 24.0 Å². The Balaban J connectivity index is 0.00000306. The first kappa shape index (κ1) is 25.1. The maximum atomic E-state index is 5.15. The quantitative estimate of drug-likeness (QED) is 0.257. The molecule has 2 N–H and O–H groups in total. The molecule has 0 saturated carbocycles. The average Bonchev–Trinajstić information content (AvgIpc) is 3.34. The van der Waals surface area contributed by atoms with Crippen molar-refractivity contribution in [1.82, 2.24) is 40.2 Å². The van der Waals surface area contributed by atoms with Crippen LogP contribution in [0.5, 0.6) is 0 Å². The van der Waals surface area contributed by atoms with E-state index in [-0.39, 0.29) is 30.0 Å². The molecule has 178 valence electrons. The summed E-state index contributed by atoms with van der Waals surface area (Å²) in [5.74, 6) is 3.36. The standard InChI is InChI=1S/C22H31N9O.HI/c1-5-23-22(26-18-7-9-21-27-19(14-32-4)29-30(21)13-18)25-12-17-6-8-20(24-11-17)31-16(3)10-15(2)28-31;/h6,8,10-11,18H,5,7,9,12-14H2,1-4H3,(H2,23,25,26);1H. The van der Waals surface area contributed by atoms with Crippen molar-refractivity contribution in [2.24, 2.45) is 4.99 Å². The number of guanidine groups is 1. The fourth-order valence-corrected chi connectivity index (χ4v) is 3.85. The number of methoxy groups -OCH3 is 1. The van der Waals surface area contributed by atoms with E-state index in [0.717, 1.165) is 66.3 Å². The number of aryl methyl sites for hydroxylation is 3. The van der Waals surface area contributed by atoms with Gasteiger partial charge in [-0.25, -0.2) is 24.3 Å². The van der Waals surface area contributed by atoms with Crippen LogP contribution in [0.2, 0.25) is 0 Å². The summed E-state index contributed by atoms with van der Waals surface area (Å²) in [6.07, 6.45) is 3.72. The molecule has 0 fully saturated rings. The van der Waals surface area contributed by atoms with Crippen LogP contribution in [0.15, 0.2) is 29.4 Å². The van der Waals surface area contributed by atoms with Gasteiger partial charge in [-0.1, -0.05) is 6.07 Å². The van der Waals surface area contributed by atoms with E-state index < -0.39 is 0 Å². The third-order valence-corrected chi connectivity index (χ3v) is 5.32. The Morgan fingerprint density at radius 1 is 1.27 bits per heavy atom. The molecular weight excluding hydrogens is 533 g/mol. The van der Waals surface area contributed by atoms with Crippen LogP contribution < -0.4 is 10.6 Å². The Labute approximate surface area is 211 Å². The summed E-state index contributed by atoms with van der Waals surface area (Å²) in [4.78, 5) is 13.9. The van der Waals surface area contributed by atoms with Crippen LogP contribution in [0, 0.1) is 13.8 Å². The van der Waals surface area contributed by atoms with Crippen molar-refractivity contribution in [2.45, 2.75) is 59.4 Å². The predicted octanol–water partition coefficient (Wildman–Crippen LogP) is 2.31. The summed E-state index contributed by atoms with van der Waals surface area (Å²) in [5.41, 5.74) is 3.09. The second kappa shape index (κ2) is 11.5. The maximum absolute atomic E-state index is 5.15. The van der Waals surface area contributed by atoms with Gasteiger partial charge in [0.2, 0.25) is 0 Å². The van der Waals surface area contributed by atoms with Gasteiger partial charge in [0.1, 0.15) is 12.4 Å². The zero-order valence-corrected chi connectivity index (χ0v) is 21.9. The third kappa shape index (κ3) is 6.28. The number of halogens is 1. The van der Waals surface area contributed by atoms with Gasteiger partial charge < -0.3 is 15.4 Å². The van der Waals surface area contributed by atoms with Crippen LogP contribution >= 0.6 is 24.0 Å². The Morgan fingerprint density at radius 2 is 2.12 bits per heavy atom. The highest BCUT2D eigenvalue weighted by Gasteiger charge is 2.22. The number of aliphatic imine (C=N–C) groups is 1. The number of fused-ring (bicyclic) bond motifs is 1. The third-order valence-electron chi connectivity index (χ3n) is 5.32. The van der Waals surface area contributed by atoms with Crippen LogP contribution in [0.4, 0.5) is 0 Å². The van der Waals surface area contributed by atoms with Gasteiger partial charge in [-0.2, -0.15) is 10.2 Å². The monoisotopic (exact) mass is 565 g/mol. The van der Waals surface area contributed by atoms with Gasteiger partial charge in [0.25, 0.3) is 0 Å². The van der Waals surface area contributed by atoms with Crippen LogP contribution in [-0.2, 0) is 30.9 Å². The van der Waals surface area contributed by atoms with Crippen molar-refractivity contribution in [3.8, 4) is 5.82 Å². The number of hydrogen-bond donors (Lipinski definition) is 2. The second-order valence-corrected chi connectivity index (χ2v) is 8.00. The van der Waals surface area contributed by atoms with Crippen molar-refractivity contribution in [3.63, 3.8) is 0 Å². The summed E-state index contributed by atoms with van der Waals surface area (Å²) < 4.78 is 8.98. The van der Waals surface area contributed by atoms with Crippen LogP contribution in [0.3, 0.4) is 0 Å². The lowest BCUT2D eigenvalue weighted by Crippen LogP contribution is -2.47. The molecule has 1 aliphatic rings. The summed E-state index contributed by atoms with van der Waals surface area (Å²) in [6.45, 7) is 8.61. The van der Waals surface area contributed by atoms with E-state index in [9.17, 15) is 0 Å². The highest BCUT2D eigenvalue weighted by molar-refractivity contribution is 14.0. The summed E-state index contributed by atoms with van der Waals surface area (Å²) >= 11 is 0. The molecule has 4 rings (SSSR count). The zero-order chi connectivity index (χ0) is 22.5. The number of ether oxygens (including phenoxy) is 1. The van der Waals surface area contributed by atoms with Crippen molar-refractivity contribution in [2.75, 3.05) is 13.7 Å². The Morgan fingerprint density at radius 3 is 2.79 bits per heavy atom. The Hall–Kier alpha value is -2.54. The first-order chi connectivity index (χ1) is 15.6. The zero-order valence-electron chi connectivity index (χ0n) is 19.6. The van der Waals surface area contributed by atoms with E-state index in [1.807, 2.05) is 47.6 Å². The molecule has 1 aliphatic heterocycles. The van der Waals surface area contributed by atoms with Crippen molar-refractivity contribution < 1.29 is 4.74 Å². The molecule has 0 bridgehead atoms. The van der Waals surface area contributed by atoms with Crippen molar-refractivity contribution in [1.29, 1.82) is 0 Å². The van der Waals surface area contributed by atoms with Gasteiger partial charge in [-0.05, 0) is 44.9 Å². The predicted molar refractivity (Wildman–Crippen MR) is 137 cm³/mol. The topological polar surface area (TPSA) is 107 Å². The Bertz CT molecular complexity index is 1070. The molecule has 11 heteroatoms. The van der Waals surface area contributed by atoms with Gasteiger partial charge in [0.05, 0.1) is 18.8 Å². The molecule has 1 atom stereocenters. The lowest BCUT2D eigenvalue weighted by Gasteiger charge is -2.25. The van der Waals surface area contributed by atoms with Gasteiger partial charge in [0.15, 0.2) is 17.6 Å². The van der Waals surface area contributed by atoms with E-state index >= 15 is 0 Å². The molecule has 4 heterocycles. The molecule has 0 aliphatic carbocycles. The molecule has 3 aromatic heterocycles. The summed E-state index contributed by atoms with van der Waals surface area (Å²) in [6, 6.07) is 6.31. The normalized spacial score (nSPS) is 15.6. The van der Waals surface area contributed by atoms with Gasteiger partial charge in [0, 0.05) is 38.0 Å². The van der Waals surface area contributed by atoms with Crippen LogP contribution in [0.25, 0.3) is 5.82 Å². The van der Waals surface area contributed by atoms with Gasteiger partial charge >= 0.3 is 0 Å². The number of pyridine rings is 1. The molecule has 0 radical (unpaired) electrons. The minimum absolute atomic E-state index is 0. The largest absolute Gasteiger partial charge is 0.377 e. The SMILES string of the molecule is CCNC(=NCc1ccc(-n2nc(C)cc2C)nc1)NC1CCc2nc(COC)nn2C1.I. The summed E-state index contributed by atoms with van der Waals surface area (Å²) in [5, 5.41) is 15.9. The number of hydrogen-bond acceptors (Lipinski definition) is 6. The molecule has 1 unspecified atom stereocenters. The van der Waals surface area contributed by atoms with Gasteiger partial charge in [-0.3, -0.25) is 0 Å². The average molecular weight is 565 g/mol. The van der Waals surface area contributed by atoms with Crippen LogP contribution in [0.1, 0.15) is 41.9 Å². The molecule has 0 spiro atoms. The number of aromatic nitrogens is 6. The van der Waals surface area contributed by atoms with E-state index in [0.29, 0.717) is 13.2 Å². The van der Waals surface area contributed by atoms with E-state index in [1.54, 1.807) is 7.11 Å². The molecule has 33 heavy (non-hydrogen) atoms. The first-order valence-electron chi connectivity index (χ1n) is 11.0. The molecular formula is C22H32IN9O. The van der Waals surface area contributed by atoms with E-state index in [2.05, 4.69) is 37.7 Å². The lowest BCUT2D eigenvalue weighted by atomic mass is 10.1. The highest BCUT2D eigenvalue weighted by Crippen LogP contribution is 2.14. The van der Waals surface area contributed by atoms with E-state index in [1.165, 1.54) is 0 Å². The molecule has 0 amide bonds. The van der Waals surface area contributed by atoms with Crippen molar-refractivity contribution >= 4 is 29.9 Å². The Kier molecular flexibility index (Phi) is 8.78. The summed E-state index contributed by atoms with van der Waals surface area (Å²) in [7, 11) is 1.66. The molecule has 0 saturated heterocycles. The van der Waals surface area contributed by atoms with E-state index in [4.69, 9.17) is 9.73 Å². The first-order valence-corrected chi connectivity index (χ1v) is 11.0. The number of nitrogens with one attached hydrogen (secondary N) is 2. The minimum Gasteiger partial charge on any atom is -0.377 e. The number of nitrogens with zero attached hydrogens (tertiary/aromatic N) is 7. The molecule has 10 nitrogen and oxygen atoms in total. The lowest BCUT2D eigenvalue weighted by molar-refractivity contribution is 0.177. The molecule has 0 aromatic carbocycles. The fourth-order valence-electron chi connectivity index (χ4n) is 3.85. The maximum Gasteiger partial charge on any atom is 0.191 e.